The number of piperazine rings is 1. The first kappa shape index (κ1) is 17.1. The average Bonchev–Trinajstić information content (AvgIpc) is 2.49. The number of aryl methyl sites for hydroxylation is 1. The third-order valence-electron chi connectivity index (χ3n) is 3.95. The van der Waals surface area contributed by atoms with Gasteiger partial charge in [0.2, 0.25) is 5.91 Å². The molecular weight excluding hydrogens is 294 g/mol. The summed E-state index contributed by atoms with van der Waals surface area (Å²) in [5.41, 5.74) is 1.81. The smallest absolute Gasteiger partial charge is 0.318 e. The van der Waals surface area contributed by atoms with Gasteiger partial charge in [-0.15, -0.1) is 0 Å². The van der Waals surface area contributed by atoms with Gasteiger partial charge in [-0.2, -0.15) is 0 Å². The van der Waals surface area contributed by atoms with E-state index in [1.54, 1.807) is 23.8 Å². The maximum atomic E-state index is 12.8. The third kappa shape index (κ3) is 3.57. The summed E-state index contributed by atoms with van der Waals surface area (Å²) in [4.78, 5) is 28.2. The molecule has 126 valence electrons. The van der Waals surface area contributed by atoms with E-state index in [9.17, 15) is 9.59 Å². The number of nitrogens with one attached hydrogen (secondary N) is 1. The Bertz CT molecular complexity index is 601. The lowest BCUT2D eigenvalue weighted by Crippen LogP contribution is -2.60. The van der Waals surface area contributed by atoms with Crippen LogP contribution in [0.25, 0.3) is 0 Å². The normalized spacial score (nSPS) is 18.3. The van der Waals surface area contributed by atoms with E-state index in [2.05, 4.69) is 5.32 Å². The first-order valence-electron chi connectivity index (χ1n) is 7.88. The van der Waals surface area contributed by atoms with Crippen LogP contribution in [0.1, 0.15) is 26.3 Å². The molecule has 1 aliphatic rings. The number of ether oxygens (including phenoxy) is 1. The summed E-state index contributed by atoms with van der Waals surface area (Å²) in [7, 11) is 1.59. The fourth-order valence-corrected chi connectivity index (χ4v) is 2.73. The standard InChI is InChI=1S/C17H25N3O3/c1-11(2)18-17(22)19-8-9-20(16(21)13(19)4)14-10-12(3)6-7-15(14)23-5/h6-7,10-11,13H,8-9H2,1-5H3,(H,18,22)/t13-/m1/s1. The number of rotatable bonds is 3. The lowest BCUT2D eigenvalue weighted by molar-refractivity contribution is -0.124. The maximum Gasteiger partial charge on any atom is 0.318 e. The molecule has 0 aromatic heterocycles. The van der Waals surface area contributed by atoms with Gasteiger partial charge in [-0.05, 0) is 45.4 Å². The van der Waals surface area contributed by atoms with Gasteiger partial charge >= 0.3 is 6.03 Å². The highest BCUT2D eigenvalue weighted by molar-refractivity contribution is 6.01. The maximum absolute atomic E-state index is 12.8. The number of carbonyl (C=O) groups is 2. The molecule has 1 aliphatic heterocycles. The molecule has 1 heterocycles. The Morgan fingerprint density at radius 1 is 1.35 bits per heavy atom. The van der Waals surface area contributed by atoms with Gasteiger partial charge in [-0.25, -0.2) is 4.79 Å². The van der Waals surface area contributed by atoms with Crippen molar-refractivity contribution in [2.24, 2.45) is 0 Å². The topological polar surface area (TPSA) is 61.9 Å². The summed E-state index contributed by atoms with van der Waals surface area (Å²) in [6, 6.07) is 5.08. The highest BCUT2D eigenvalue weighted by atomic mass is 16.5. The monoisotopic (exact) mass is 319 g/mol. The first-order chi connectivity index (χ1) is 10.8. The van der Waals surface area contributed by atoms with Crippen molar-refractivity contribution in [1.82, 2.24) is 10.2 Å². The Balaban J connectivity index is 2.22. The molecule has 1 fully saturated rings. The van der Waals surface area contributed by atoms with Crippen LogP contribution in [0.15, 0.2) is 18.2 Å². The van der Waals surface area contributed by atoms with Crippen molar-refractivity contribution >= 4 is 17.6 Å². The first-order valence-corrected chi connectivity index (χ1v) is 7.88. The summed E-state index contributed by atoms with van der Waals surface area (Å²) in [5.74, 6) is 0.565. The largest absolute Gasteiger partial charge is 0.495 e. The number of nitrogens with zero attached hydrogens (tertiary/aromatic N) is 2. The molecule has 2 rings (SSSR count). The molecule has 0 radical (unpaired) electrons. The molecule has 0 bridgehead atoms. The number of amides is 3. The van der Waals surface area contributed by atoms with E-state index < -0.39 is 6.04 Å². The van der Waals surface area contributed by atoms with Crippen molar-refractivity contribution < 1.29 is 14.3 Å². The number of methoxy groups -OCH3 is 1. The van der Waals surface area contributed by atoms with Crippen LogP contribution >= 0.6 is 0 Å². The minimum absolute atomic E-state index is 0.0414. The molecule has 3 amide bonds. The Hall–Kier alpha value is -2.24. The van der Waals surface area contributed by atoms with Crippen LogP contribution in [0.3, 0.4) is 0 Å². The molecule has 1 aromatic carbocycles. The SMILES string of the molecule is COc1ccc(C)cc1N1CCN(C(=O)NC(C)C)[C@H](C)C1=O. The van der Waals surface area contributed by atoms with E-state index in [0.717, 1.165) is 11.3 Å². The second-order valence-corrected chi connectivity index (χ2v) is 6.14. The summed E-state index contributed by atoms with van der Waals surface area (Å²) in [6.07, 6.45) is 0. The zero-order valence-electron chi connectivity index (χ0n) is 14.4. The Morgan fingerprint density at radius 3 is 2.65 bits per heavy atom. The fraction of sp³-hybridized carbons (Fsp3) is 0.529. The zero-order valence-corrected chi connectivity index (χ0v) is 14.4. The molecule has 1 N–H and O–H groups in total. The zero-order chi connectivity index (χ0) is 17.1. The van der Waals surface area contributed by atoms with Crippen LogP contribution in [0.5, 0.6) is 5.75 Å². The molecule has 6 nitrogen and oxygen atoms in total. The molecule has 6 heteroatoms. The van der Waals surface area contributed by atoms with Gasteiger partial charge in [-0.1, -0.05) is 6.07 Å². The lowest BCUT2D eigenvalue weighted by atomic mass is 10.1. The van der Waals surface area contributed by atoms with Crippen molar-refractivity contribution in [2.75, 3.05) is 25.1 Å². The Kier molecular flexibility index (Phi) is 5.13. The number of hydrogen-bond donors (Lipinski definition) is 1. The van der Waals surface area contributed by atoms with E-state index >= 15 is 0 Å². The van der Waals surface area contributed by atoms with Gasteiger partial charge in [-0.3, -0.25) is 4.79 Å². The minimum Gasteiger partial charge on any atom is -0.495 e. The number of anilines is 1. The molecule has 1 saturated heterocycles. The predicted octanol–water partition coefficient (Wildman–Crippen LogP) is 2.16. The number of hydrogen-bond acceptors (Lipinski definition) is 3. The van der Waals surface area contributed by atoms with Gasteiger partial charge in [0, 0.05) is 19.1 Å². The lowest BCUT2D eigenvalue weighted by Gasteiger charge is -2.39. The quantitative estimate of drug-likeness (QED) is 0.928. The molecule has 0 saturated carbocycles. The molecule has 0 aliphatic carbocycles. The Morgan fingerprint density at radius 2 is 2.04 bits per heavy atom. The van der Waals surface area contributed by atoms with Crippen molar-refractivity contribution in [3.8, 4) is 5.75 Å². The van der Waals surface area contributed by atoms with Gasteiger partial charge in [0.25, 0.3) is 0 Å². The molecular formula is C17H25N3O3. The summed E-state index contributed by atoms with van der Waals surface area (Å²) in [6.45, 7) is 8.48. The van der Waals surface area contributed by atoms with Crippen molar-refractivity contribution in [3.05, 3.63) is 23.8 Å². The van der Waals surface area contributed by atoms with E-state index in [-0.39, 0.29) is 18.0 Å². The van der Waals surface area contributed by atoms with Crippen LogP contribution in [-0.2, 0) is 4.79 Å². The van der Waals surface area contributed by atoms with Crippen molar-refractivity contribution in [3.63, 3.8) is 0 Å². The van der Waals surface area contributed by atoms with Crippen LogP contribution in [0, 0.1) is 6.92 Å². The molecule has 1 atom stereocenters. The van der Waals surface area contributed by atoms with Crippen LogP contribution in [-0.4, -0.2) is 49.1 Å². The van der Waals surface area contributed by atoms with Crippen LogP contribution in [0.2, 0.25) is 0 Å². The van der Waals surface area contributed by atoms with E-state index in [4.69, 9.17) is 4.74 Å². The summed E-state index contributed by atoms with van der Waals surface area (Å²) < 4.78 is 5.38. The van der Waals surface area contributed by atoms with E-state index in [1.807, 2.05) is 39.0 Å². The second-order valence-electron chi connectivity index (χ2n) is 6.14. The third-order valence-corrected chi connectivity index (χ3v) is 3.95. The number of carbonyl (C=O) groups excluding carboxylic acids is 2. The second kappa shape index (κ2) is 6.89. The molecule has 0 spiro atoms. The van der Waals surface area contributed by atoms with Gasteiger partial charge in [0.15, 0.2) is 0 Å². The summed E-state index contributed by atoms with van der Waals surface area (Å²) in [5, 5.41) is 2.84. The average molecular weight is 319 g/mol. The minimum atomic E-state index is -0.507. The highest BCUT2D eigenvalue weighted by Gasteiger charge is 2.36. The summed E-state index contributed by atoms with van der Waals surface area (Å²) >= 11 is 0. The van der Waals surface area contributed by atoms with Crippen molar-refractivity contribution in [1.29, 1.82) is 0 Å². The highest BCUT2D eigenvalue weighted by Crippen LogP contribution is 2.31. The number of benzene rings is 1. The molecule has 23 heavy (non-hydrogen) atoms. The fourth-order valence-electron chi connectivity index (χ4n) is 2.73. The van der Waals surface area contributed by atoms with Gasteiger partial charge in [0.1, 0.15) is 11.8 Å². The predicted molar refractivity (Wildman–Crippen MR) is 89.9 cm³/mol. The van der Waals surface area contributed by atoms with Crippen LogP contribution in [0.4, 0.5) is 10.5 Å². The molecule has 1 aromatic rings. The Labute approximate surface area is 137 Å². The number of urea groups is 1. The van der Waals surface area contributed by atoms with E-state index in [1.165, 1.54) is 0 Å². The van der Waals surface area contributed by atoms with E-state index in [0.29, 0.717) is 18.8 Å². The van der Waals surface area contributed by atoms with Crippen LogP contribution < -0.4 is 15.0 Å². The van der Waals surface area contributed by atoms with Crippen molar-refractivity contribution in [2.45, 2.75) is 39.8 Å². The van der Waals surface area contributed by atoms with Gasteiger partial charge in [0.05, 0.1) is 12.8 Å². The van der Waals surface area contributed by atoms with Gasteiger partial charge < -0.3 is 19.9 Å². The molecule has 0 unspecified atom stereocenters.